The summed E-state index contributed by atoms with van der Waals surface area (Å²) in [5, 5.41) is 7.32. The smallest absolute Gasteiger partial charge is 0.166 e. The zero-order valence-electron chi connectivity index (χ0n) is 10.7. The highest BCUT2D eigenvalue weighted by Gasteiger charge is 2.18. The Bertz CT molecular complexity index is 206. The van der Waals surface area contributed by atoms with Crippen molar-refractivity contribution in [3.8, 4) is 0 Å². The summed E-state index contributed by atoms with van der Waals surface area (Å²) in [6.45, 7) is 6.55. The summed E-state index contributed by atoms with van der Waals surface area (Å²) in [4.78, 5) is 0. The Labute approximate surface area is 106 Å². The van der Waals surface area contributed by atoms with Gasteiger partial charge in [0.05, 0.1) is 0 Å². The van der Waals surface area contributed by atoms with Crippen molar-refractivity contribution in [3.63, 3.8) is 0 Å². The van der Waals surface area contributed by atoms with Crippen LogP contribution in [0.25, 0.3) is 0 Å². The van der Waals surface area contributed by atoms with Crippen molar-refractivity contribution in [2.45, 2.75) is 52.4 Å². The van der Waals surface area contributed by atoms with E-state index >= 15 is 0 Å². The van der Waals surface area contributed by atoms with Gasteiger partial charge in [-0.1, -0.05) is 33.1 Å². The van der Waals surface area contributed by atoms with E-state index in [0.29, 0.717) is 0 Å². The number of hydrogen-bond donors (Lipinski definition) is 2. The van der Waals surface area contributed by atoms with Gasteiger partial charge in [-0.05, 0) is 43.3 Å². The largest absolute Gasteiger partial charge is 0.363 e. The summed E-state index contributed by atoms with van der Waals surface area (Å²) in [7, 11) is 0. The second-order valence-electron chi connectivity index (χ2n) is 5.11. The molecule has 0 radical (unpaired) electrons. The van der Waals surface area contributed by atoms with Gasteiger partial charge in [0, 0.05) is 13.1 Å². The quantitative estimate of drug-likeness (QED) is 0.725. The predicted octanol–water partition coefficient (Wildman–Crippen LogP) is 3.08. The van der Waals surface area contributed by atoms with Crippen molar-refractivity contribution in [1.29, 1.82) is 0 Å². The Hall–Kier alpha value is -0.310. The maximum atomic E-state index is 5.19. The summed E-state index contributed by atoms with van der Waals surface area (Å²) < 4.78 is 0. The van der Waals surface area contributed by atoms with Gasteiger partial charge in [-0.25, -0.2) is 0 Å². The maximum Gasteiger partial charge on any atom is 0.166 e. The van der Waals surface area contributed by atoms with Crippen LogP contribution >= 0.6 is 12.2 Å². The lowest BCUT2D eigenvalue weighted by Crippen LogP contribution is -2.36. The van der Waals surface area contributed by atoms with Crippen LogP contribution in [0, 0.1) is 11.8 Å². The molecular formula is C13H26N2S. The maximum absolute atomic E-state index is 5.19. The minimum Gasteiger partial charge on any atom is -0.363 e. The Kier molecular flexibility index (Phi) is 6.78. The lowest BCUT2D eigenvalue weighted by Gasteiger charge is -2.26. The molecule has 0 saturated heterocycles. The van der Waals surface area contributed by atoms with E-state index in [1.54, 1.807) is 0 Å². The monoisotopic (exact) mass is 242 g/mol. The number of thiocarbonyl (C=S) groups is 1. The van der Waals surface area contributed by atoms with Gasteiger partial charge in [0.1, 0.15) is 0 Å². The molecule has 0 spiro atoms. The molecular weight excluding hydrogens is 216 g/mol. The number of rotatable bonds is 5. The fourth-order valence-electron chi connectivity index (χ4n) is 2.51. The molecule has 16 heavy (non-hydrogen) atoms. The van der Waals surface area contributed by atoms with Crippen molar-refractivity contribution < 1.29 is 0 Å². The zero-order valence-corrected chi connectivity index (χ0v) is 11.5. The lowest BCUT2D eigenvalue weighted by molar-refractivity contribution is 0.270. The van der Waals surface area contributed by atoms with E-state index in [0.717, 1.165) is 36.5 Å². The topological polar surface area (TPSA) is 24.1 Å². The summed E-state index contributed by atoms with van der Waals surface area (Å²) in [6.07, 6.45) is 8.09. The molecule has 0 heterocycles. The van der Waals surface area contributed by atoms with E-state index in [-0.39, 0.29) is 0 Å². The van der Waals surface area contributed by atoms with E-state index in [2.05, 4.69) is 24.5 Å². The molecule has 0 amide bonds. The molecule has 1 aliphatic carbocycles. The highest BCUT2D eigenvalue weighted by Crippen LogP contribution is 2.30. The van der Waals surface area contributed by atoms with E-state index < -0.39 is 0 Å². The van der Waals surface area contributed by atoms with Crippen LogP contribution in [-0.4, -0.2) is 18.2 Å². The van der Waals surface area contributed by atoms with Crippen molar-refractivity contribution in [2.75, 3.05) is 13.1 Å². The Balaban J connectivity index is 2.03. The van der Waals surface area contributed by atoms with Crippen LogP contribution in [0.2, 0.25) is 0 Å². The predicted molar refractivity (Wildman–Crippen MR) is 74.6 cm³/mol. The average molecular weight is 242 g/mol. The molecule has 0 aromatic heterocycles. The molecule has 1 aliphatic rings. The summed E-state index contributed by atoms with van der Waals surface area (Å²) in [5.74, 6) is 1.86. The minimum atomic E-state index is 0.825. The molecule has 1 saturated carbocycles. The first kappa shape index (κ1) is 13.8. The normalized spacial score (nSPS) is 25.1. The van der Waals surface area contributed by atoms with Gasteiger partial charge in [-0.15, -0.1) is 0 Å². The molecule has 2 atom stereocenters. The second kappa shape index (κ2) is 7.88. The van der Waals surface area contributed by atoms with E-state index in [9.17, 15) is 0 Å². The molecule has 94 valence electrons. The fraction of sp³-hybridized carbons (Fsp3) is 0.923. The van der Waals surface area contributed by atoms with Crippen LogP contribution in [0.4, 0.5) is 0 Å². The number of hydrogen-bond acceptors (Lipinski definition) is 1. The Morgan fingerprint density at radius 1 is 1.25 bits per heavy atom. The van der Waals surface area contributed by atoms with Crippen LogP contribution in [0.1, 0.15) is 52.4 Å². The molecule has 2 N–H and O–H groups in total. The average Bonchev–Trinajstić information content (AvgIpc) is 2.26. The first-order valence-electron chi connectivity index (χ1n) is 6.74. The van der Waals surface area contributed by atoms with Crippen molar-refractivity contribution in [2.24, 2.45) is 11.8 Å². The van der Waals surface area contributed by atoms with Gasteiger partial charge in [-0.3, -0.25) is 0 Å². The zero-order chi connectivity index (χ0) is 11.8. The molecule has 1 rings (SSSR count). The SMILES string of the molecule is CCCNC(=S)NCCC1CCCC(C)C1. The molecule has 0 aromatic rings. The van der Waals surface area contributed by atoms with Crippen LogP contribution in [0.5, 0.6) is 0 Å². The lowest BCUT2D eigenvalue weighted by atomic mass is 9.81. The van der Waals surface area contributed by atoms with Crippen LogP contribution in [0.3, 0.4) is 0 Å². The third kappa shape index (κ3) is 5.69. The van der Waals surface area contributed by atoms with Gasteiger partial charge in [0.25, 0.3) is 0 Å². The Morgan fingerprint density at radius 3 is 2.69 bits per heavy atom. The van der Waals surface area contributed by atoms with E-state index in [4.69, 9.17) is 12.2 Å². The Morgan fingerprint density at radius 2 is 2.00 bits per heavy atom. The van der Waals surface area contributed by atoms with E-state index in [1.807, 2.05) is 0 Å². The first-order valence-corrected chi connectivity index (χ1v) is 7.15. The molecule has 0 aromatic carbocycles. The standard InChI is InChI=1S/C13H26N2S/c1-3-8-14-13(16)15-9-7-12-6-4-5-11(2)10-12/h11-12H,3-10H2,1-2H3,(H2,14,15,16). The molecule has 0 bridgehead atoms. The van der Waals surface area contributed by atoms with Gasteiger partial charge >= 0.3 is 0 Å². The van der Waals surface area contributed by atoms with Gasteiger partial charge < -0.3 is 10.6 Å². The van der Waals surface area contributed by atoms with Gasteiger partial charge in [0.2, 0.25) is 0 Å². The number of nitrogens with one attached hydrogen (secondary N) is 2. The fourth-order valence-corrected chi connectivity index (χ4v) is 2.72. The third-order valence-electron chi connectivity index (χ3n) is 3.42. The van der Waals surface area contributed by atoms with Crippen LogP contribution in [0.15, 0.2) is 0 Å². The van der Waals surface area contributed by atoms with Gasteiger partial charge in [-0.2, -0.15) is 0 Å². The van der Waals surface area contributed by atoms with Crippen molar-refractivity contribution >= 4 is 17.3 Å². The molecule has 1 fully saturated rings. The second-order valence-corrected chi connectivity index (χ2v) is 5.52. The van der Waals surface area contributed by atoms with Crippen molar-refractivity contribution in [3.05, 3.63) is 0 Å². The third-order valence-corrected chi connectivity index (χ3v) is 3.71. The molecule has 2 nitrogen and oxygen atoms in total. The van der Waals surface area contributed by atoms with Crippen molar-refractivity contribution in [1.82, 2.24) is 10.6 Å². The highest BCUT2D eigenvalue weighted by molar-refractivity contribution is 7.80. The van der Waals surface area contributed by atoms with E-state index in [1.165, 1.54) is 32.1 Å². The van der Waals surface area contributed by atoms with Crippen LogP contribution < -0.4 is 10.6 Å². The van der Waals surface area contributed by atoms with Crippen LogP contribution in [-0.2, 0) is 0 Å². The molecule has 3 heteroatoms. The molecule has 2 unspecified atom stereocenters. The van der Waals surface area contributed by atoms with Gasteiger partial charge in [0.15, 0.2) is 5.11 Å². The minimum absolute atomic E-state index is 0.825. The summed E-state index contributed by atoms with van der Waals surface area (Å²) in [5.41, 5.74) is 0. The summed E-state index contributed by atoms with van der Waals surface area (Å²) >= 11 is 5.19. The first-order chi connectivity index (χ1) is 7.72. The highest BCUT2D eigenvalue weighted by atomic mass is 32.1. The summed E-state index contributed by atoms with van der Waals surface area (Å²) in [6, 6.07) is 0. The molecule has 0 aliphatic heterocycles.